The Bertz CT molecular complexity index is 1280. The lowest BCUT2D eigenvalue weighted by Gasteiger charge is -2.19. The summed E-state index contributed by atoms with van der Waals surface area (Å²) in [6, 6.07) is 1.78. The number of nitrogens with zero attached hydrogens (tertiary/aromatic N) is 6. The number of ether oxygens (including phenoxy) is 1. The van der Waals surface area contributed by atoms with E-state index in [0.717, 1.165) is 4.57 Å². The molecule has 182 valence electrons. The second kappa shape index (κ2) is 9.72. The zero-order valence-corrected chi connectivity index (χ0v) is 18.2. The first-order valence-corrected chi connectivity index (χ1v) is 9.88. The highest BCUT2D eigenvalue weighted by atomic mass is 35.5. The van der Waals surface area contributed by atoms with Crippen molar-refractivity contribution >= 4 is 23.2 Å². The van der Waals surface area contributed by atoms with Gasteiger partial charge in [-0.25, -0.2) is 9.18 Å². The van der Waals surface area contributed by atoms with Gasteiger partial charge in [0.25, 0.3) is 5.91 Å². The van der Waals surface area contributed by atoms with E-state index in [9.17, 15) is 32.3 Å². The molecule has 3 heterocycles. The van der Waals surface area contributed by atoms with Crippen LogP contribution in [-0.4, -0.2) is 52.8 Å². The number of amides is 1. The number of hydrogen-bond acceptors (Lipinski definition) is 8. The van der Waals surface area contributed by atoms with Crippen molar-refractivity contribution in [2.45, 2.75) is 39.3 Å². The van der Waals surface area contributed by atoms with E-state index in [2.05, 4.69) is 25.6 Å². The molecular formula is C18H16ClF4N7O4. The molecular weight excluding hydrogens is 490 g/mol. The molecule has 0 aliphatic heterocycles. The zero-order valence-electron chi connectivity index (χ0n) is 17.5. The molecule has 1 amide bonds. The van der Waals surface area contributed by atoms with E-state index in [-0.39, 0.29) is 23.2 Å². The average molecular weight is 506 g/mol. The lowest BCUT2D eigenvalue weighted by atomic mass is 10.2. The molecule has 0 saturated heterocycles. The number of aliphatic hydroxyl groups is 1. The Hall–Kier alpha value is -3.59. The Kier molecular flexibility index (Phi) is 7.16. The SMILES string of the molecule is CCn1c(CO)nn(-c2nc(OC(C)C(F)(F)F)c(C(=O)Nc3ccnnc3Cl)cc2F)c1=O. The quantitative estimate of drug-likeness (QED) is 0.466. The van der Waals surface area contributed by atoms with Gasteiger partial charge in [0, 0.05) is 6.54 Å². The van der Waals surface area contributed by atoms with Crippen molar-refractivity contribution in [3.63, 3.8) is 0 Å². The maximum absolute atomic E-state index is 15.0. The van der Waals surface area contributed by atoms with Crippen molar-refractivity contribution in [2.24, 2.45) is 0 Å². The van der Waals surface area contributed by atoms with Gasteiger partial charge >= 0.3 is 11.9 Å². The van der Waals surface area contributed by atoms with Crippen LogP contribution in [0.3, 0.4) is 0 Å². The molecule has 0 bridgehead atoms. The van der Waals surface area contributed by atoms with Gasteiger partial charge in [-0.3, -0.25) is 9.36 Å². The van der Waals surface area contributed by atoms with Gasteiger partial charge < -0.3 is 15.2 Å². The molecule has 2 N–H and O–H groups in total. The number of anilines is 1. The Morgan fingerprint density at radius 2 is 2.09 bits per heavy atom. The van der Waals surface area contributed by atoms with Crippen molar-refractivity contribution in [3.8, 4) is 11.7 Å². The number of rotatable bonds is 7. The fraction of sp³-hybridized carbons (Fsp3) is 0.333. The molecule has 1 atom stereocenters. The second-order valence-electron chi connectivity index (χ2n) is 6.65. The summed E-state index contributed by atoms with van der Waals surface area (Å²) in [4.78, 5) is 28.9. The second-order valence-corrected chi connectivity index (χ2v) is 7.01. The van der Waals surface area contributed by atoms with E-state index in [4.69, 9.17) is 16.3 Å². The van der Waals surface area contributed by atoms with Crippen LogP contribution in [0.15, 0.2) is 23.1 Å². The molecule has 0 aliphatic carbocycles. The largest absolute Gasteiger partial charge is 0.464 e. The topological polar surface area (TPSA) is 137 Å². The molecule has 16 heteroatoms. The summed E-state index contributed by atoms with van der Waals surface area (Å²) >= 11 is 5.81. The average Bonchev–Trinajstić information content (AvgIpc) is 3.10. The van der Waals surface area contributed by atoms with Crippen molar-refractivity contribution < 1.29 is 32.2 Å². The summed E-state index contributed by atoms with van der Waals surface area (Å²) in [6.45, 7) is 1.60. The van der Waals surface area contributed by atoms with Crippen LogP contribution in [0.25, 0.3) is 5.82 Å². The highest BCUT2D eigenvalue weighted by Crippen LogP contribution is 2.29. The standard InChI is InChI=1S/C18H16ClF4N7O4/c1-3-29-12(7-31)28-30(17(29)33)14-10(20)6-9(16(26-14)34-8(2)18(21,22)23)15(32)25-11-4-5-24-27-13(11)19/h4-6,8,31H,3,7H2,1-2H3,(H,24,25,32). The smallest absolute Gasteiger partial charge is 0.425 e. The lowest BCUT2D eigenvalue weighted by molar-refractivity contribution is -0.190. The van der Waals surface area contributed by atoms with Crippen molar-refractivity contribution in [2.75, 3.05) is 5.32 Å². The summed E-state index contributed by atoms with van der Waals surface area (Å²) in [6.07, 6.45) is -6.12. The van der Waals surface area contributed by atoms with Gasteiger partial charge in [-0.05, 0) is 26.0 Å². The van der Waals surface area contributed by atoms with E-state index in [1.165, 1.54) is 12.3 Å². The summed E-state index contributed by atoms with van der Waals surface area (Å²) < 4.78 is 60.6. The number of nitrogens with one attached hydrogen (secondary N) is 1. The highest BCUT2D eigenvalue weighted by Gasteiger charge is 2.39. The van der Waals surface area contributed by atoms with Gasteiger partial charge in [0.1, 0.15) is 12.2 Å². The molecule has 11 nitrogen and oxygen atoms in total. The first kappa shape index (κ1) is 25.0. The summed E-state index contributed by atoms with van der Waals surface area (Å²) in [5, 5.41) is 22.1. The molecule has 34 heavy (non-hydrogen) atoms. The van der Waals surface area contributed by atoms with Gasteiger partial charge in [-0.1, -0.05) is 11.6 Å². The van der Waals surface area contributed by atoms with Gasteiger partial charge in [0.2, 0.25) is 5.88 Å². The molecule has 3 aromatic rings. The van der Waals surface area contributed by atoms with Gasteiger partial charge in [-0.2, -0.15) is 27.9 Å². The van der Waals surface area contributed by atoms with Gasteiger partial charge in [0.05, 0.1) is 11.9 Å². The van der Waals surface area contributed by atoms with Crippen LogP contribution in [-0.2, 0) is 13.2 Å². The minimum Gasteiger partial charge on any atom is -0.464 e. The van der Waals surface area contributed by atoms with E-state index >= 15 is 0 Å². The number of pyridine rings is 1. The normalized spacial score (nSPS) is 12.5. The highest BCUT2D eigenvalue weighted by molar-refractivity contribution is 6.32. The van der Waals surface area contributed by atoms with Crippen LogP contribution in [0.1, 0.15) is 30.0 Å². The fourth-order valence-electron chi connectivity index (χ4n) is 2.71. The van der Waals surface area contributed by atoms with Crippen LogP contribution in [0, 0.1) is 5.82 Å². The van der Waals surface area contributed by atoms with E-state index < -0.39 is 53.6 Å². The first-order valence-electron chi connectivity index (χ1n) is 9.50. The molecule has 3 rings (SSSR count). The Morgan fingerprint density at radius 1 is 1.38 bits per heavy atom. The molecule has 0 aliphatic rings. The maximum atomic E-state index is 15.0. The Labute approximate surface area is 193 Å². The van der Waals surface area contributed by atoms with Crippen molar-refractivity contribution in [3.05, 3.63) is 51.2 Å². The Balaban J connectivity index is 2.14. The number of carbonyl (C=O) groups excluding carboxylic acids is 1. The monoisotopic (exact) mass is 505 g/mol. The Morgan fingerprint density at radius 3 is 2.65 bits per heavy atom. The number of hydrogen-bond donors (Lipinski definition) is 2. The molecule has 0 radical (unpaired) electrons. The van der Waals surface area contributed by atoms with Crippen LogP contribution >= 0.6 is 11.6 Å². The summed E-state index contributed by atoms with van der Waals surface area (Å²) in [5.41, 5.74) is -1.71. The predicted octanol–water partition coefficient (Wildman–Crippen LogP) is 2.11. The molecule has 0 spiro atoms. The maximum Gasteiger partial charge on any atom is 0.425 e. The third-order valence-electron chi connectivity index (χ3n) is 4.44. The molecule has 1 unspecified atom stereocenters. The number of halogens is 5. The van der Waals surface area contributed by atoms with Crippen LogP contribution in [0.2, 0.25) is 5.15 Å². The number of carbonyl (C=O) groups is 1. The minimum atomic E-state index is -4.85. The van der Waals surface area contributed by atoms with Crippen LogP contribution in [0.4, 0.5) is 23.2 Å². The van der Waals surface area contributed by atoms with E-state index in [0.29, 0.717) is 17.7 Å². The third kappa shape index (κ3) is 4.99. The van der Waals surface area contributed by atoms with E-state index in [1.54, 1.807) is 6.92 Å². The van der Waals surface area contributed by atoms with Crippen molar-refractivity contribution in [1.29, 1.82) is 0 Å². The van der Waals surface area contributed by atoms with Crippen LogP contribution < -0.4 is 15.7 Å². The first-order chi connectivity index (χ1) is 16.0. The summed E-state index contributed by atoms with van der Waals surface area (Å²) in [7, 11) is 0. The van der Waals surface area contributed by atoms with Crippen molar-refractivity contribution in [1.82, 2.24) is 29.5 Å². The minimum absolute atomic E-state index is 0.0615. The zero-order chi connectivity index (χ0) is 25.2. The fourth-order valence-corrected chi connectivity index (χ4v) is 2.86. The molecule has 0 fully saturated rings. The molecule has 3 aromatic heterocycles. The number of aromatic nitrogens is 6. The van der Waals surface area contributed by atoms with E-state index in [1.807, 2.05) is 0 Å². The molecule has 0 saturated carbocycles. The van der Waals surface area contributed by atoms with Crippen LogP contribution in [0.5, 0.6) is 5.88 Å². The number of aliphatic hydroxyl groups excluding tert-OH is 1. The summed E-state index contributed by atoms with van der Waals surface area (Å²) in [5.74, 6) is -4.30. The predicted molar refractivity (Wildman–Crippen MR) is 108 cm³/mol. The lowest BCUT2D eigenvalue weighted by Crippen LogP contribution is -2.33. The third-order valence-corrected chi connectivity index (χ3v) is 4.72. The molecule has 0 aromatic carbocycles. The van der Waals surface area contributed by atoms with Gasteiger partial charge in [-0.15, -0.1) is 10.2 Å². The van der Waals surface area contributed by atoms with Gasteiger partial charge in [0.15, 0.2) is 28.7 Å². The number of alkyl halides is 3.